The number of ether oxygens (including phenoxy) is 2. The Morgan fingerprint density at radius 2 is 1.67 bits per heavy atom. The highest BCUT2D eigenvalue weighted by Crippen LogP contribution is 2.46. The van der Waals surface area contributed by atoms with E-state index in [0.717, 1.165) is 13.2 Å². The molecule has 0 aliphatic rings. The van der Waals surface area contributed by atoms with Gasteiger partial charge in [-0.25, -0.2) is 4.98 Å². The number of nitrogens with one attached hydrogen (secondary N) is 1. The summed E-state index contributed by atoms with van der Waals surface area (Å²) in [6.07, 6.45) is -9.76. The van der Waals surface area contributed by atoms with Crippen molar-refractivity contribution in [2.24, 2.45) is 0 Å². The number of pyridine rings is 1. The van der Waals surface area contributed by atoms with Crippen LogP contribution in [-0.4, -0.2) is 42.9 Å². The Morgan fingerprint density at radius 3 is 2.19 bits per heavy atom. The monoisotopic (exact) mass is 516 g/mol. The first kappa shape index (κ1) is 27.1. The standard InChI is InChI=1S/C24H22F6N2O4/c1-4-14(11-33)31-22(34)12-5-6-15-17(7-12)32-18(10-19(15)35-2)21-16(24(28,29)30)8-13(23(25,26)27)9-20(21)36-3/h5-10,14,33H,4,11H2,1-3H3,(H,31,34)/t14-/m1/s1. The lowest BCUT2D eigenvalue weighted by Crippen LogP contribution is -2.36. The van der Waals surface area contributed by atoms with Gasteiger partial charge in [0.25, 0.3) is 5.91 Å². The average Bonchev–Trinajstić information content (AvgIpc) is 2.83. The summed E-state index contributed by atoms with van der Waals surface area (Å²) in [6.45, 7) is 1.47. The second-order valence-corrected chi connectivity index (χ2v) is 7.80. The quantitative estimate of drug-likeness (QED) is 0.408. The first-order valence-electron chi connectivity index (χ1n) is 10.6. The predicted molar refractivity (Wildman–Crippen MR) is 119 cm³/mol. The molecule has 2 aromatic carbocycles. The van der Waals surface area contributed by atoms with Gasteiger partial charge in [0.15, 0.2) is 0 Å². The van der Waals surface area contributed by atoms with Gasteiger partial charge in [0.05, 0.1) is 54.8 Å². The van der Waals surface area contributed by atoms with E-state index in [1.807, 2.05) is 0 Å². The minimum Gasteiger partial charge on any atom is -0.496 e. The van der Waals surface area contributed by atoms with Crippen LogP contribution in [0.3, 0.4) is 0 Å². The molecule has 0 unspecified atom stereocenters. The van der Waals surface area contributed by atoms with Gasteiger partial charge in [-0.15, -0.1) is 0 Å². The molecule has 1 aromatic heterocycles. The number of fused-ring (bicyclic) bond motifs is 1. The van der Waals surface area contributed by atoms with Crippen molar-refractivity contribution in [3.8, 4) is 22.8 Å². The topological polar surface area (TPSA) is 80.7 Å². The lowest BCUT2D eigenvalue weighted by Gasteiger charge is -2.20. The van der Waals surface area contributed by atoms with Crippen molar-refractivity contribution in [1.29, 1.82) is 0 Å². The highest BCUT2D eigenvalue weighted by Gasteiger charge is 2.40. The van der Waals surface area contributed by atoms with Gasteiger partial charge in [0.1, 0.15) is 11.5 Å². The highest BCUT2D eigenvalue weighted by atomic mass is 19.4. The summed E-state index contributed by atoms with van der Waals surface area (Å²) in [7, 11) is 2.21. The number of hydrogen-bond acceptors (Lipinski definition) is 5. The summed E-state index contributed by atoms with van der Waals surface area (Å²) >= 11 is 0. The first-order valence-corrected chi connectivity index (χ1v) is 10.6. The van der Waals surface area contributed by atoms with E-state index in [1.165, 1.54) is 25.3 Å². The molecule has 1 heterocycles. The zero-order valence-electron chi connectivity index (χ0n) is 19.3. The number of benzene rings is 2. The molecular weight excluding hydrogens is 494 g/mol. The number of aromatic nitrogens is 1. The summed E-state index contributed by atoms with van der Waals surface area (Å²) in [5, 5.41) is 12.3. The van der Waals surface area contributed by atoms with Crippen molar-refractivity contribution in [2.75, 3.05) is 20.8 Å². The summed E-state index contributed by atoms with van der Waals surface area (Å²) in [5.41, 5.74) is -4.03. The molecule has 36 heavy (non-hydrogen) atoms. The summed E-state index contributed by atoms with van der Waals surface area (Å²) in [6, 6.07) is 5.35. The molecule has 0 spiro atoms. The Morgan fingerprint density at radius 1 is 1.00 bits per heavy atom. The van der Waals surface area contributed by atoms with E-state index in [9.17, 15) is 36.2 Å². The third-order valence-corrected chi connectivity index (χ3v) is 5.51. The molecule has 3 aromatic rings. The van der Waals surface area contributed by atoms with Crippen LogP contribution in [0.2, 0.25) is 0 Å². The lowest BCUT2D eigenvalue weighted by atomic mass is 9.97. The van der Waals surface area contributed by atoms with Gasteiger partial charge in [-0.2, -0.15) is 26.3 Å². The fourth-order valence-electron chi connectivity index (χ4n) is 3.61. The molecule has 1 amide bonds. The maximum absolute atomic E-state index is 13.9. The maximum Gasteiger partial charge on any atom is 0.417 e. The third-order valence-electron chi connectivity index (χ3n) is 5.51. The first-order chi connectivity index (χ1) is 16.8. The molecule has 0 saturated carbocycles. The van der Waals surface area contributed by atoms with Crippen LogP contribution < -0.4 is 14.8 Å². The van der Waals surface area contributed by atoms with E-state index in [0.29, 0.717) is 17.9 Å². The van der Waals surface area contributed by atoms with Crippen molar-refractivity contribution >= 4 is 16.8 Å². The summed E-state index contributed by atoms with van der Waals surface area (Å²) < 4.78 is 91.8. The Balaban J connectivity index is 2.27. The number of alkyl halides is 6. The average molecular weight is 516 g/mol. The van der Waals surface area contributed by atoms with E-state index < -0.39 is 46.7 Å². The number of carbonyl (C=O) groups is 1. The van der Waals surface area contributed by atoms with Crippen LogP contribution >= 0.6 is 0 Å². The molecule has 6 nitrogen and oxygen atoms in total. The van der Waals surface area contributed by atoms with Gasteiger partial charge in [-0.05, 0) is 36.8 Å². The molecule has 194 valence electrons. The minimum absolute atomic E-state index is 0.000145. The summed E-state index contributed by atoms with van der Waals surface area (Å²) in [5.74, 6) is -1.15. The number of methoxy groups -OCH3 is 2. The zero-order chi connectivity index (χ0) is 26.8. The number of hydrogen-bond donors (Lipinski definition) is 2. The highest BCUT2D eigenvalue weighted by molar-refractivity contribution is 5.99. The number of amides is 1. The number of halogens is 6. The fourth-order valence-corrected chi connectivity index (χ4v) is 3.61. The SMILES string of the molecule is CC[C@H](CO)NC(=O)c1ccc2c(OC)cc(-c3c(OC)cc(C(F)(F)F)cc3C(F)(F)F)nc2c1. The van der Waals surface area contributed by atoms with E-state index in [2.05, 4.69) is 10.3 Å². The molecule has 12 heteroatoms. The molecule has 0 aliphatic heterocycles. The number of aliphatic hydroxyl groups excluding tert-OH is 1. The van der Waals surface area contributed by atoms with E-state index in [-0.39, 0.29) is 35.2 Å². The molecule has 0 aliphatic carbocycles. The van der Waals surface area contributed by atoms with Gasteiger partial charge in [-0.3, -0.25) is 4.79 Å². The van der Waals surface area contributed by atoms with E-state index in [1.54, 1.807) is 6.92 Å². The number of carbonyl (C=O) groups excluding carboxylic acids is 1. The maximum atomic E-state index is 13.9. The molecule has 0 saturated heterocycles. The third kappa shape index (κ3) is 5.48. The molecule has 0 bridgehead atoms. The molecule has 3 rings (SSSR count). The minimum atomic E-state index is -5.17. The van der Waals surface area contributed by atoms with Crippen molar-refractivity contribution < 1.29 is 45.7 Å². The molecule has 0 fully saturated rings. The van der Waals surface area contributed by atoms with Crippen molar-refractivity contribution in [1.82, 2.24) is 10.3 Å². The van der Waals surface area contributed by atoms with Crippen molar-refractivity contribution in [3.63, 3.8) is 0 Å². The lowest BCUT2D eigenvalue weighted by molar-refractivity contribution is -0.142. The van der Waals surface area contributed by atoms with Gasteiger partial charge >= 0.3 is 12.4 Å². The Bertz CT molecular complexity index is 1270. The Hall–Kier alpha value is -3.54. The van der Waals surface area contributed by atoms with Crippen LogP contribution in [0.4, 0.5) is 26.3 Å². The van der Waals surface area contributed by atoms with Gasteiger partial charge in [0, 0.05) is 17.0 Å². The largest absolute Gasteiger partial charge is 0.496 e. The number of rotatable bonds is 7. The number of aliphatic hydroxyl groups is 1. The second kappa shape index (κ2) is 10.2. The van der Waals surface area contributed by atoms with Crippen LogP contribution in [0.5, 0.6) is 11.5 Å². The van der Waals surface area contributed by atoms with Crippen molar-refractivity contribution in [2.45, 2.75) is 31.7 Å². The summed E-state index contributed by atoms with van der Waals surface area (Å²) in [4.78, 5) is 16.8. The van der Waals surface area contributed by atoms with Crippen LogP contribution in [0, 0.1) is 0 Å². The molecule has 0 radical (unpaired) electrons. The van der Waals surface area contributed by atoms with Gasteiger partial charge < -0.3 is 19.9 Å². The predicted octanol–water partition coefficient (Wildman–Crippen LogP) is 5.46. The second-order valence-electron chi connectivity index (χ2n) is 7.80. The van der Waals surface area contributed by atoms with Crippen molar-refractivity contribution in [3.05, 3.63) is 53.1 Å². The molecule has 1 atom stereocenters. The van der Waals surface area contributed by atoms with Gasteiger partial charge in [-0.1, -0.05) is 6.92 Å². The molecular formula is C24H22F6N2O4. The normalized spacial score (nSPS) is 12.9. The Labute approximate surface area is 201 Å². The smallest absolute Gasteiger partial charge is 0.417 e. The Kier molecular flexibility index (Phi) is 7.68. The van der Waals surface area contributed by atoms with Crippen LogP contribution in [0.25, 0.3) is 22.2 Å². The van der Waals surface area contributed by atoms with E-state index in [4.69, 9.17) is 9.47 Å². The van der Waals surface area contributed by atoms with Crippen LogP contribution in [0.15, 0.2) is 36.4 Å². The molecule has 2 N–H and O–H groups in total. The fraction of sp³-hybridized carbons (Fsp3) is 0.333. The van der Waals surface area contributed by atoms with Crippen LogP contribution in [0.1, 0.15) is 34.8 Å². The van der Waals surface area contributed by atoms with Gasteiger partial charge in [0.2, 0.25) is 0 Å². The number of nitrogens with zero attached hydrogens (tertiary/aromatic N) is 1. The van der Waals surface area contributed by atoms with E-state index >= 15 is 0 Å². The zero-order valence-corrected chi connectivity index (χ0v) is 19.3. The van der Waals surface area contributed by atoms with Crippen LogP contribution in [-0.2, 0) is 12.4 Å².